The summed E-state index contributed by atoms with van der Waals surface area (Å²) < 4.78 is 1.36. The lowest BCUT2D eigenvalue weighted by atomic mass is 10.2. The van der Waals surface area contributed by atoms with Gasteiger partial charge in [-0.25, -0.2) is 4.68 Å². The van der Waals surface area contributed by atoms with E-state index in [9.17, 15) is 14.9 Å². The predicted octanol–water partition coefficient (Wildman–Crippen LogP) is 2.52. The van der Waals surface area contributed by atoms with E-state index in [-0.39, 0.29) is 33.4 Å². The second-order valence-corrected chi connectivity index (χ2v) is 6.53. The van der Waals surface area contributed by atoms with Crippen molar-refractivity contribution in [2.75, 3.05) is 19.6 Å². The standard InChI is InChI=1S/C15H15Cl2N5O3/c1-9-8-18-3-5-20(9)15(23)13-2-4-21(19-13)14-11(16)6-10(22(24)25)7-12(14)17/h2,4,6-7,9,18H,3,5,8H2,1H3. The van der Waals surface area contributed by atoms with E-state index in [1.807, 2.05) is 6.92 Å². The molecule has 0 aliphatic carbocycles. The molecule has 1 aromatic carbocycles. The largest absolute Gasteiger partial charge is 0.332 e. The number of nitro groups is 1. The Hall–Kier alpha value is -2.16. The van der Waals surface area contributed by atoms with Crippen molar-refractivity contribution in [1.82, 2.24) is 20.0 Å². The molecule has 1 aromatic heterocycles. The van der Waals surface area contributed by atoms with Crippen LogP contribution in [0.4, 0.5) is 5.69 Å². The normalized spacial score (nSPS) is 17.6. The molecule has 1 atom stereocenters. The van der Waals surface area contributed by atoms with Crippen molar-refractivity contribution in [3.05, 3.63) is 50.2 Å². The molecule has 1 saturated heterocycles. The number of rotatable bonds is 3. The first-order chi connectivity index (χ1) is 11.9. The first-order valence-corrected chi connectivity index (χ1v) is 8.35. The molecule has 2 aromatic rings. The van der Waals surface area contributed by atoms with Crippen LogP contribution in [0.3, 0.4) is 0 Å². The topological polar surface area (TPSA) is 93.3 Å². The third-order valence-corrected chi connectivity index (χ3v) is 4.59. The summed E-state index contributed by atoms with van der Waals surface area (Å²) in [7, 11) is 0. The number of carbonyl (C=O) groups is 1. The molecule has 3 rings (SSSR count). The van der Waals surface area contributed by atoms with Crippen LogP contribution in [-0.4, -0.2) is 51.2 Å². The van der Waals surface area contributed by atoms with Crippen molar-refractivity contribution in [2.45, 2.75) is 13.0 Å². The lowest BCUT2D eigenvalue weighted by Gasteiger charge is -2.33. The number of nitro benzene ring substituents is 1. The van der Waals surface area contributed by atoms with Gasteiger partial charge >= 0.3 is 0 Å². The smallest absolute Gasteiger partial charge is 0.274 e. The number of nitrogens with one attached hydrogen (secondary N) is 1. The van der Waals surface area contributed by atoms with Gasteiger partial charge in [0.25, 0.3) is 11.6 Å². The molecule has 2 heterocycles. The summed E-state index contributed by atoms with van der Waals surface area (Å²) in [6, 6.07) is 4.04. The van der Waals surface area contributed by atoms with Crippen molar-refractivity contribution >= 4 is 34.8 Å². The zero-order valence-electron chi connectivity index (χ0n) is 13.3. The monoisotopic (exact) mass is 383 g/mol. The number of hydrogen-bond donors (Lipinski definition) is 1. The molecule has 8 nitrogen and oxygen atoms in total. The van der Waals surface area contributed by atoms with Gasteiger partial charge in [-0.3, -0.25) is 14.9 Å². The van der Waals surface area contributed by atoms with E-state index in [1.165, 1.54) is 16.8 Å². The number of aromatic nitrogens is 2. The highest BCUT2D eigenvalue weighted by Gasteiger charge is 2.26. The van der Waals surface area contributed by atoms with E-state index >= 15 is 0 Å². The van der Waals surface area contributed by atoms with Crippen molar-refractivity contribution in [3.63, 3.8) is 0 Å². The van der Waals surface area contributed by atoms with Crippen LogP contribution in [0.25, 0.3) is 5.69 Å². The predicted molar refractivity (Wildman–Crippen MR) is 93.6 cm³/mol. The summed E-state index contributed by atoms with van der Waals surface area (Å²) in [6.07, 6.45) is 1.55. The Labute approximate surface area is 153 Å². The number of amides is 1. The molecule has 10 heteroatoms. The second kappa shape index (κ2) is 6.99. The number of hydrogen-bond acceptors (Lipinski definition) is 5. The maximum atomic E-state index is 12.6. The second-order valence-electron chi connectivity index (χ2n) is 5.71. The lowest BCUT2D eigenvalue weighted by Crippen LogP contribution is -2.52. The zero-order chi connectivity index (χ0) is 18.1. The number of nitrogens with zero attached hydrogens (tertiary/aromatic N) is 4. The third kappa shape index (κ3) is 3.46. The van der Waals surface area contributed by atoms with E-state index in [0.717, 1.165) is 13.1 Å². The Morgan fingerprint density at radius 1 is 1.40 bits per heavy atom. The van der Waals surface area contributed by atoms with Gasteiger partial charge in [-0.15, -0.1) is 0 Å². The summed E-state index contributed by atoms with van der Waals surface area (Å²) in [6.45, 7) is 4.03. The molecule has 0 radical (unpaired) electrons. The minimum Gasteiger partial charge on any atom is -0.332 e. The average Bonchev–Trinajstić information content (AvgIpc) is 3.03. The quantitative estimate of drug-likeness (QED) is 0.649. The van der Waals surface area contributed by atoms with Gasteiger partial charge in [0.2, 0.25) is 0 Å². The van der Waals surface area contributed by atoms with Crippen LogP contribution >= 0.6 is 23.2 Å². The van der Waals surface area contributed by atoms with Gasteiger partial charge in [0.1, 0.15) is 5.69 Å². The fraction of sp³-hybridized carbons (Fsp3) is 0.333. The first-order valence-electron chi connectivity index (χ1n) is 7.59. The van der Waals surface area contributed by atoms with E-state index in [4.69, 9.17) is 23.2 Å². The molecule has 1 aliphatic heterocycles. The Morgan fingerprint density at radius 3 is 2.68 bits per heavy atom. The lowest BCUT2D eigenvalue weighted by molar-refractivity contribution is -0.384. The Balaban J connectivity index is 1.91. The Morgan fingerprint density at radius 2 is 2.08 bits per heavy atom. The summed E-state index contributed by atoms with van der Waals surface area (Å²) in [5, 5.41) is 18.5. The van der Waals surface area contributed by atoms with E-state index in [0.29, 0.717) is 12.2 Å². The van der Waals surface area contributed by atoms with E-state index in [1.54, 1.807) is 17.2 Å². The van der Waals surface area contributed by atoms with Crippen LogP contribution in [0.1, 0.15) is 17.4 Å². The maximum absolute atomic E-state index is 12.6. The van der Waals surface area contributed by atoms with E-state index in [2.05, 4.69) is 10.4 Å². The van der Waals surface area contributed by atoms with Crippen LogP contribution < -0.4 is 5.32 Å². The van der Waals surface area contributed by atoms with Crippen molar-refractivity contribution in [2.24, 2.45) is 0 Å². The van der Waals surface area contributed by atoms with Crippen molar-refractivity contribution in [1.29, 1.82) is 0 Å². The number of non-ortho nitro benzene ring substituents is 1. The molecule has 25 heavy (non-hydrogen) atoms. The number of carbonyl (C=O) groups excluding carboxylic acids is 1. The van der Waals surface area contributed by atoms with Gasteiger partial charge in [-0.1, -0.05) is 23.2 Å². The highest BCUT2D eigenvalue weighted by Crippen LogP contribution is 2.33. The molecule has 1 N–H and O–H groups in total. The van der Waals surface area contributed by atoms with Gasteiger partial charge in [0.15, 0.2) is 5.69 Å². The first kappa shape index (κ1) is 17.7. The molecular formula is C15H15Cl2N5O3. The third-order valence-electron chi connectivity index (χ3n) is 4.01. The summed E-state index contributed by atoms with van der Waals surface area (Å²) in [5.74, 6) is -0.179. The highest BCUT2D eigenvalue weighted by atomic mass is 35.5. The van der Waals surface area contributed by atoms with Gasteiger partial charge in [-0.2, -0.15) is 5.10 Å². The number of benzene rings is 1. The van der Waals surface area contributed by atoms with Crippen LogP contribution in [0.2, 0.25) is 10.0 Å². The SMILES string of the molecule is CC1CNCCN1C(=O)c1ccn(-c2c(Cl)cc([N+](=O)[O-])cc2Cl)n1. The van der Waals surface area contributed by atoms with Crippen molar-refractivity contribution in [3.8, 4) is 5.69 Å². The molecule has 1 unspecified atom stereocenters. The fourth-order valence-electron chi connectivity index (χ4n) is 2.73. The van der Waals surface area contributed by atoms with Crippen LogP contribution in [0.5, 0.6) is 0 Å². The minimum absolute atomic E-state index is 0.0675. The average molecular weight is 384 g/mol. The Bertz CT molecular complexity index is 815. The van der Waals surface area contributed by atoms with Crippen molar-refractivity contribution < 1.29 is 9.72 Å². The van der Waals surface area contributed by atoms with Crippen LogP contribution in [-0.2, 0) is 0 Å². The summed E-state index contributed by atoms with van der Waals surface area (Å²) in [5.41, 5.74) is 0.345. The molecule has 1 aliphatic rings. The zero-order valence-corrected chi connectivity index (χ0v) is 14.8. The molecule has 132 valence electrons. The van der Waals surface area contributed by atoms with Gasteiger partial charge in [0.05, 0.1) is 15.0 Å². The molecule has 0 bridgehead atoms. The fourth-order valence-corrected chi connectivity index (χ4v) is 3.38. The molecule has 1 amide bonds. The maximum Gasteiger partial charge on any atom is 0.274 e. The molecule has 0 saturated carbocycles. The highest BCUT2D eigenvalue weighted by molar-refractivity contribution is 6.38. The Kier molecular flexibility index (Phi) is 4.94. The van der Waals surface area contributed by atoms with Crippen LogP contribution in [0.15, 0.2) is 24.4 Å². The molecular weight excluding hydrogens is 369 g/mol. The van der Waals surface area contributed by atoms with E-state index < -0.39 is 4.92 Å². The van der Waals surface area contributed by atoms with Gasteiger partial charge in [0, 0.05) is 44.0 Å². The van der Waals surface area contributed by atoms with Gasteiger partial charge < -0.3 is 10.2 Å². The number of piperazine rings is 1. The summed E-state index contributed by atoms with van der Waals surface area (Å²) in [4.78, 5) is 24.7. The molecule has 0 spiro atoms. The summed E-state index contributed by atoms with van der Waals surface area (Å²) >= 11 is 12.2. The number of halogens is 2. The van der Waals surface area contributed by atoms with Gasteiger partial charge in [-0.05, 0) is 13.0 Å². The van der Waals surface area contributed by atoms with Crippen LogP contribution in [0, 0.1) is 10.1 Å². The molecule has 1 fully saturated rings. The minimum atomic E-state index is -0.578.